The van der Waals surface area contributed by atoms with Crippen LogP contribution in [0, 0.1) is 12.3 Å². The van der Waals surface area contributed by atoms with Crippen LogP contribution >= 0.6 is 15.9 Å². The molecule has 0 spiro atoms. The lowest BCUT2D eigenvalue weighted by molar-refractivity contribution is -0.137. The van der Waals surface area contributed by atoms with Gasteiger partial charge in [-0.1, -0.05) is 5.92 Å². The second kappa shape index (κ2) is 5.23. The number of hydrogen-bond donors (Lipinski definition) is 1. The highest BCUT2D eigenvalue weighted by Gasteiger charge is 2.31. The SMILES string of the molecule is C#CCC(=O)Nc1cc(C(F)(F)F)ccc1Br. The van der Waals surface area contributed by atoms with Gasteiger partial charge in [0.05, 0.1) is 17.7 Å². The standard InChI is InChI=1S/C11H7BrF3NO/c1-2-3-10(17)16-9-6-7(11(13,14)15)4-5-8(9)12/h1,4-6H,3H2,(H,16,17). The fourth-order valence-corrected chi connectivity index (χ4v) is 1.43. The molecule has 90 valence electrons. The number of carbonyl (C=O) groups is 1. The van der Waals surface area contributed by atoms with Gasteiger partial charge in [-0.25, -0.2) is 0 Å². The minimum absolute atomic E-state index is 0.0417. The van der Waals surface area contributed by atoms with Crippen molar-refractivity contribution in [2.24, 2.45) is 0 Å². The zero-order valence-electron chi connectivity index (χ0n) is 8.44. The maximum absolute atomic E-state index is 12.4. The number of amides is 1. The van der Waals surface area contributed by atoms with E-state index < -0.39 is 17.6 Å². The number of alkyl halides is 3. The van der Waals surface area contributed by atoms with Gasteiger partial charge < -0.3 is 5.32 Å². The Hall–Kier alpha value is -1.48. The molecule has 1 N–H and O–H groups in total. The quantitative estimate of drug-likeness (QED) is 0.833. The lowest BCUT2D eigenvalue weighted by Gasteiger charge is -2.11. The average molecular weight is 306 g/mol. The van der Waals surface area contributed by atoms with Crippen LogP contribution in [-0.2, 0) is 11.0 Å². The van der Waals surface area contributed by atoms with E-state index in [2.05, 4.69) is 27.2 Å². The number of nitrogens with one attached hydrogen (secondary N) is 1. The van der Waals surface area contributed by atoms with Gasteiger partial charge in [-0.15, -0.1) is 6.42 Å². The number of halogens is 4. The summed E-state index contributed by atoms with van der Waals surface area (Å²) in [6.45, 7) is 0. The van der Waals surface area contributed by atoms with Gasteiger partial charge in [-0.05, 0) is 34.1 Å². The van der Waals surface area contributed by atoms with Crippen molar-refractivity contribution in [2.45, 2.75) is 12.6 Å². The van der Waals surface area contributed by atoms with Crippen LogP contribution in [0.1, 0.15) is 12.0 Å². The van der Waals surface area contributed by atoms with E-state index >= 15 is 0 Å². The first-order valence-electron chi connectivity index (χ1n) is 4.44. The van der Waals surface area contributed by atoms with Crippen LogP contribution < -0.4 is 5.32 Å². The van der Waals surface area contributed by atoms with E-state index in [0.717, 1.165) is 12.1 Å². The molecule has 0 saturated heterocycles. The van der Waals surface area contributed by atoms with E-state index in [1.165, 1.54) is 6.07 Å². The van der Waals surface area contributed by atoms with Gasteiger partial charge in [-0.2, -0.15) is 13.2 Å². The summed E-state index contributed by atoms with van der Waals surface area (Å²) in [4.78, 5) is 11.2. The fraction of sp³-hybridized carbons (Fsp3) is 0.182. The maximum Gasteiger partial charge on any atom is 0.416 e. The van der Waals surface area contributed by atoms with Crippen molar-refractivity contribution in [3.63, 3.8) is 0 Å². The minimum Gasteiger partial charge on any atom is -0.324 e. The Labute approximate surface area is 104 Å². The Morgan fingerprint density at radius 3 is 2.65 bits per heavy atom. The molecule has 1 aromatic rings. The topological polar surface area (TPSA) is 29.1 Å². The van der Waals surface area contributed by atoms with Crippen LogP contribution in [0.25, 0.3) is 0 Å². The van der Waals surface area contributed by atoms with Crippen molar-refractivity contribution in [3.8, 4) is 12.3 Å². The summed E-state index contributed by atoms with van der Waals surface area (Å²) < 4.78 is 37.6. The van der Waals surface area contributed by atoms with Gasteiger partial charge in [0.15, 0.2) is 0 Å². The number of rotatable bonds is 2. The van der Waals surface area contributed by atoms with Gasteiger partial charge in [0.2, 0.25) is 5.91 Å². The largest absolute Gasteiger partial charge is 0.416 e. The van der Waals surface area contributed by atoms with Crippen molar-refractivity contribution in [1.29, 1.82) is 0 Å². The molecule has 0 aliphatic carbocycles. The first-order chi connectivity index (χ1) is 7.84. The van der Waals surface area contributed by atoms with E-state index in [9.17, 15) is 18.0 Å². The molecule has 17 heavy (non-hydrogen) atoms. The highest BCUT2D eigenvalue weighted by Crippen LogP contribution is 2.33. The highest BCUT2D eigenvalue weighted by molar-refractivity contribution is 9.10. The third-order valence-corrected chi connectivity index (χ3v) is 2.52. The molecule has 0 unspecified atom stereocenters. The number of carbonyl (C=O) groups excluding carboxylic acids is 1. The van der Waals surface area contributed by atoms with Crippen LogP contribution in [0.4, 0.5) is 18.9 Å². The van der Waals surface area contributed by atoms with Gasteiger partial charge in [-0.3, -0.25) is 4.79 Å². The molecular formula is C11H7BrF3NO. The second-order valence-corrected chi connectivity index (χ2v) is 3.98. The number of benzene rings is 1. The van der Waals surface area contributed by atoms with E-state index in [-0.39, 0.29) is 12.1 Å². The zero-order chi connectivity index (χ0) is 13.1. The molecule has 1 rings (SSSR count). The third kappa shape index (κ3) is 3.79. The lowest BCUT2D eigenvalue weighted by Crippen LogP contribution is -2.12. The third-order valence-electron chi connectivity index (χ3n) is 1.83. The molecule has 1 amide bonds. The fourth-order valence-electron chi connectivity index (χ4n) is 1.08. The van der Waals surface area contributed by atoms with Gasteiger partial charge >= 0.3 is 6.18 Å². The highest BCUT2D eigenvalue weighted by atomic mass is 79.9. The van der Waals surface area contributed by atoms with Gasteiger partial charge in [0.25, 0.3) is 0 Å². The average Bonchev–Trinajstić information content (AvgIpc) is 2.20. The van der Waals surface area contributed by atoms with Crippen molar-refractivity contribution in [1.82, 2.24) is 0 Å². The molecule has 0 aliphatic rings. The van der Waals surface area contributed by atoms with E-state index in [1.54, 1.807) is 0 Å². The van der Waals surface area contributed by atoms with E-state index in [0.29, 0.717) is 4.47 Å². The molecule has 0 aliphatic heterocycles. The van der Waals surface area contributed by atoms with Crippen LogP contribution in [0.2, 0.25) is 0 Å². The smallest absolute Gasteiger partial charge is 0.324 e. The molecule has 0 aromatic heterocycles. The molecular weight excluding hydrogens is 299 g/mol. The summed E-state index contributed by atoms with van der Waals surface area (Å²) >= 11 is 3.04. The Kier molecular flexibility index (Phi) is 4.18. The van der Waals surface area contributed by atoms with Crippen molar-refractivity contribution in [2.75, 3.05) is 5.32 Å². The molecule has 0 bridgehead atoms. The van der Waals surface area contributed by atoms with Crippen molar-refractivity contribution in [3.05, 3.63) is 28.2 Å². The maximum atomic E-state index is 12.4. The molecule has 6 heteroatoms. The Morgan fingerprint density at radius 2 is 2.12 bits per heavy atom. The molecule has 0 heterocycles. The van der Waals surface area contributed by atoms with Crippen molar-refractivity contribution >= 4 is 27.5 Å². The monoisotopic (exact) mass is 305 g/mol. The van der Waals surface area contributed by atoms with Gasteiger partial charge in [0, 0.05) is 4.47 Å². The summed E-state index contributed by atoms with van der Waals surface area (Å²) in [7, 11) is 0. The molecule has 0 saturated carbocycles. The van der Waals surface area contributed by atoms with E-state index in [1.807, 2.05) is 0 Å². The molecule has 0 atom stereocenters. The van der Waals surface area contributed by atoms with E-state index in [4.69, 9.17) is 6.42 Å². The summed E-state index contributed by atoms with van der Waals surface area (Å²) in [6.07, 6.45) is 0.274. The zero-order valence-corrected chi connectivity index (χ0v) is 10.0. The molecule has 2 nitrogen and oxygen atoms in total. The summed E-state index contributed by atoms with van der Waals surface area (Å²) in [5.41, 5.74) is -0.795. The predicted molar refractivity (Wildman–Crippen MR) is 61.2 cm³/mol. The molecule has 0 fully saturated rings. The number of hydrogen-bond acceptors (Lipinski definition) is 1. The normalized spacial score (nSPS) is 10.8. The first kappa shape index (κ1) is 13.6. The predicted octanol–water partition coefficient (Wildman–Crippen LogP) is 3.43. The van der Waals surface area contributed by atoms with Crippen LogP contribution in [-0.4, -0.2) is 5.91 Å². The Balaban J connectivity index is 3.00. The molecule has 0 radical (unpaired) electrons. The number of terminal acetylenes is 1. The Morgan fingerprint density at radius 1 is 1.47 bits per heavy atom. The summed E-state index contributed by atoms with van der Waals surface area (Å²) in [5, 5.41) is 2.30. The number of anilines is 1. The van der Waals surface area contributed by atoms with Crippen LogP contribution in [0.15, 0.2) is 22.7 Å². The summed E-state index contributed by atoms with van der Waals surface area (Å²) in [6, 6.07) is 2.98. The van der Waals surface area contributed by atoms with Crippen molar-refractivity contribution < 1.29 is 18.0 Å². The first-order valence-corrected chi connectivity index (χ1v) is 5.24. The van der Waals surface area contributed by atoms with Crippen LogP contribution in [0.3, 0.4) is 0 Å². The summed E-state index contributed by atoms with van der Waals surface area (Å²) in [5.74, 6) is 1.57. The minimum atomic E-state index is -4.45. The molecule has 1 aromatic carbocycles. The second-order valence-electron chi connectivity index (χ2n) is 3.12. The van der Waals surface area contributed by atoms with Crippen LogP contribution in [0.5, 0.6) is 0 Å². The Bertz CT molecular complexity index is 477. The van der Waals surface area contributed by atoms with Gasteiger partial charge in [0.1, 0.15) is 0 Å². The lowest BCUT2D eigenvalue weighted by atomic mass is 10.2.